The molecule has 0 bridgehead atoms. The third-order valence-corrected chi connectivity index (χ3v) is 4.98. The van der Waals surface area contributed by atoms with Crippen LogP contribution in [0.3, 0.4) is 0 Å². The number of hydrogen-bond acceptors (Lipinski definition) is 4. The molecule has 0 fully saturated rings. The fourth-order valence-electron chi connectivity index (χ4n) is 1.63. The molecule has 2 rings (SSSR count). The van der Waals surface area contributed by atoms with Crippen LogP contribution in [0, 0.1) is 6.92 Å². The molecule has 0 saturated carbocycles. The van der Waals surface area contributed by atoms with Gasteiger partial charge in [0, 0.05) is 10.7 Å². The van der Waals surface area contributed by atoms with Crippen molar-refractivity contribution in [2.75, 3.05) is 0 Å². The van der Waals surface area contributed by atoms with Crippen LogP contribution in [-0.4, -0.2) is 13.4 Å². The number of sulfonamides is 1. The summed E-state index contributed by atoms with van der Waals surface area (Å²) in [7, 11) is -3.79. The lowest BCUT2D eigenvalue weighted by molar-refractivity contribution is 0.441. The second-order valence-corrected chi connectivity index (χ2v) is 7.19. The van der Waals surface area contributed by atoms with Gasteiger partial charge in [0.25, 0.3) is 0 Å². The molecular weight excluding hydrogens is 368 g/mol. The van der Waals surface area contributed by atoms with Crippen LogP contribution in [0.1, 0.15) is 24.5 Å². The molecule has 1 unspecified atom stereocenters. The summed E-state index contributed by atoms with van der Waals surface area (Å²) in [4.78, 5) is 3.73. The molecule has 1 atom stereocenters. The molecule has 0 aliphatic rings. The molecule has 2 aromatic heterocycles. The lowest BCUT2D eigenvalue weighted by Gasteiger charge is -2.13. The van der Waals surface area contributed by atoms with Gasteiger partial charge in [-0.1, -0.05) is 11.6 Å². The average Bonchev–Trinajstić information content (AvgIpc) is 2.78. The zero-order valence-corrected chi connectivity index (χ0v) is 13.9. The topological polar surface area (TPSA) is 72.2 Å². The van der Waals surface area contributed by atoms with Crippen LogP contribution in [0.15, 0.2) is 38.2 Å². The van der Waals surface area contributed by atoms with E-state index < -0.39 is 16.1 Å². The Balaban J connectivity index is 2.29. The Bertz CT molecular complexity index is 730. The van der Waals surface area contributed by atoms with Crippen LogP contribution in [0.25, 0.3) is 0 Å². The molecule has 2 heterocycles. The Hall–Kier alpha value is -0.890. The molecule has 0 radical (unpaired) electrons. The average molecular weight is 380 g/mol. The summed E-state index contributed by atoms with van der Waals surface area (Å²) < 4.78 is 33.0. The van der Waals surface area contributed by atoms with Crippen molar-refractivity contribution in [1.29, 1.82) is 0 Å². The molecule has 0 saturated heterocycles. The first-order chi connectivity index (χ1) is 9.29. The van der Waals surface area contributed by atoms with E-state index in [1.807, 2.05) is 0 Å². The summed E-state index contributed by atoms with van der Waals surface area (Å²) in [5, 5.41) is -0.0801. The minimum Gasteiger partial charge on any atom is -0.465 e. The normalized spacial score (nSPS) is 13.4. The number of furan rings is 1. The van der Waals surface area contributed by atoms with Crippen molar-refractivity contribution in [3.63, 3.8) is 0 Å². The maximum Gasteiger partial charge on any atom is 0.244 e. The van der Waals surface area contributed by atoms with Gasteiger partial charge in [-0.2, -0.15) is 0 Å². The summed E-state index contributed by atoms with van der Waals surface area (Å²) in [5.41, 5.74) is 0. The zero-order valence-electron chi connectivity index (χ0n) is 10.7. The van der Waals surface area contributed by atoms with Crippen LogP contribution >= 0.6 is 27.5 Å². The van der Waals surface area contributed by atoms with Crippen LogP contribution in [0.2, 0.25) is 5.15 Å². The maximum atomic E-state index is 12.3. The van der Waals surface area contributed by atoms with Gasteiger partial charge in [0.2, 0.25) is 10.0 Å². The van der Waals surface area contributed by atoms with Crippen LogP contribution in [0.5, 0.6) is 0 Å². The first-order valence-electron chi connectivity index (χ1n) is 5.69. The minimum absolute atomic E-state index is 0.0799. The molecule has 0 amide bonds. The van der Waals surface area contributed by atoms with E-state index in [0.717, 1.165) is 0 Å². The number of halogens is 2. The summed E-state index contributed by atoms with van der Waals surface area (Å²) in [6.45, 7) is 3.48. The van der Waals surface area contributed by atoms with E-state index in [4.69, 9.17) is 16.0 Å². The van der Waals surface area contributed by atoms with E-state index in [0.29, 0.717) is 16.0 Å². The predicted octanol–water partition coefficient (Wildman–Crippen LogP) is 3.44. The van der Waals surface area contributed by atoms with Crippen molar-refractivity contribution < 1.29 is 12.8 Å². The highest BCUT2D eigenvalue weighted by molar-refractivity contribution is 9.10. The zero-order chi connectivity index (χ0) is 14.9. The highest BCUT2D eigenvalue weighted by atomic mass is 79.9. The van der Waals surface area contributed by atoms with E-state index in [1.54, 1.807) is 26.0 Å². The molecule has 1 N–H and O–H groups in total. The van der Waals surface area contributed by atoms with Gasteiger partial charge in [-0.3, -0.25) is 0 Å². The van der Waals surface area contributed by atoms with Crippen LogP contribution in [0.4, 0.5) is 0 Å². The lowest BCUT2D eigenvalue weighted by Crippen LogP contribution is -2.27. The van der Waals surface area contributed by atoms with Gasteiger partial charge in [0.15, 0.2) is 0 Å². The summed E-state index contributed by atoms with van der Waals surface area (Å²) in [5.74, 6) is 1.25. The molecule has 5 nitrogen and oxygen atoms in total. The van der Waals surface area contributed by atoms with Crippen molar-refractivity contribution in [2.45, 2.75) is 24.8 Å². The van der Waals surface area contributed by atoms with E-state index in [-0.39, 0.29) is 10.0 Å². The number of pyridine rings is 1. The highest BCUT2D eigenvalue weighted by Gasteiger charge is 2.23. The van der Waals surface area contributed by atoms with Crippen molar-refractivity contribution in [1.82, 2.24) is 9.71 Å². The third-order valence-electron chi connectivity index (χ3n) is 2.58. The fraction of sp³-hybridized carbons (Fsp3) is 0.250. The molecule has 2 aromatic rings. The molecule has 0 aliphatic carbocycles. The van der Waals surface area contributed by atoms with Gasteiger partial charge >= 0.3 is 0 Å². The van der Waals surface area contributed by atoms with E-state index in [2.05, 4.69) is 25.6 Å². The molecule has 0 spiro atoms. The summed E-state index contributed by atoms with van der Waals surface area (Å²) in [6, 6.07) is 4.39. The lowest BCUT2D eigenvalue weighted by atomic mass is 10.3. The smallest absolute Gasteiger partial charge is 0.244 e. The Labute approximate surface area is 130 Å². The first kappa shape index (κ1) is 15.5. The van der Waals surface area contributed by atoms with E-state index >= 15 is 0 Å². The van der Waals surface area contributed by atoms with Gasteiger partial charge in [0.1, 0.15) is 21.6 Å². The van der Waals surface area contributed by atoms with Gasteiger partial charge in [-0.15, -0.1) is 0 Å². The maximum absolute atomic E-state index is 12.3. The Morgan fingerprint density at radius 1 is 1.45 bits per heavy atom. The quantitative estimate of drug-likeness (QED) is 0.826. The Morgan fingerprint density at radius 3 is 2.75 bits per heavy atom. The van der Waals surface area contributed by atoms with Crippen molar-refractivity contribution in [3.8, 4) is 0 Å². The first-order valence-corrected chi connectivity index (χ1v) is 8.35. The van der Waals surface area contributed by atoms with Gasteiger partial charge in [-0.25, -0.2) is 18.1 Å². The Morgan fingerprint density at radius 2 is 2.15 bits per heavy atom. The largest absolute Gasteiger partial charge is 0.465 e. The molecular formula is C12H12BrClN2O3S. The number of hydrogen-bond donors (Lipinski definition) is 1. The monoisotopic (exact) mass is 378 g/mol. The van der Waals surface area contributed by atoms with Gasteiger partial charge < -0.3 is 4.42 Å². The number of rotatable bonds is 4. The van der Waals surface area contributed by atoms with E-state index in [1.165, 1.54) is 12.3 Å². The van der Waals surface area contributed by atoms with Gasteiger partial charge in [-0.05, 0) is 48.0 Å². The molecule has 0 aliphatic heterocycles. The second kappa shape index (κ2) is 5.85. The number of nitrogens with one attached hydrogen (secondary N) is 1. The van der Waals surface area contributed by atoms with Gasteiger partial charge in [0.05, 0.1) is 6.04 Å². The summed E-state index contributed by atoms with van der Waals surface area (Å²) >= 11 is 9.01. The third kappa shape index (κ3) is 3.41. The van der Waals surface area contributed by atoms with Crippen molar-refractivity contribution in [3.05, 3.63) is 45.5 Å². The second-order valence-electron chi connectivity index (χ2n) is 4.23. The molecule has 108 valence electrons. The Kier molecular flexibility index (Phi) is 4.53. The number of aryl methyl sites for hydroxylation is 1. The fourth-order valence-corrected chi connectivity index (χ4v) is 3.79. The highest BCUT2D eigenvalue weighted by Crippen LogP contribution is 2.25. The molecule has 8 heteroatoms. The number of nitrogens with zero attached hydrogens (tertiary/aromatic N) is 1. The van der Waals surface area contributed by atoms with Crippen LogP contribution < -0.4 is 4.72 Å². The number of aromatic nitrogens is 1. The molecule has 20 heavy (non-hydrogen) atoms. The minimum atomic E-state index is -3.79. The molecule has 0 aromatic carbocycles. The van der Waals surface area contributed by atoms with Crippen LogP contribution in [-0.2, 0) is 10.0 Å². The predicted molar refractivity (Wildman–Crippen MR) is 79.1 cm³/mol. The summed E-state index contributed by atoms with van der Waals surface area (Å²) in [6.07, 6.45) is 1.43. The standard InChI is InChI=1S/C12H12BrClN2O3S/c1-7-3-4-10(19-7)8(2)16-20(17,18)11-5-9(13)6-15-12(11)14/h3-6,8,16H,1-2H3. The van der Waals surface area contributed by atoms with Crippen molar-refractivity contribution in [2.24, 2.45) is 0 Å². The SMILES string of the molecule is Cc1ccc(C(C)NS(=O)(=O)c2cc(Br)cnc2Cl)o1. The van der Waals surface area contributed by atoms with Crippen molar-refractivity contribution >= 4 is 37.6 Å². The van der Waals surface area contributed by atoms with E-state index in [9.17, 15) is 8.42 Å².